The Morgan fingerprint density at radius 1 is 0.656 bits per heavy atom. The zero-order valence-corrected chi connectivity index (χ0v) is 17.9. The summed E-state index contributed by atoms with van der Waals surface area (Å²) in [5.74, 6) is 0.959. The van der Waals surface area contributed by atoms with Gasteiger partial charge >= 0.3 is 0 Å². The van der Waals surface area contributed by atoms with E-state index in [1.54, 1.807) is 50.6 Å². The normalized spacial score (nSPS) is 10.8. The molecule has 0 aliphatic heterocycles. The molecule has 3 aromatic carbocycles. The maximum absolute atomic E-state index is 12.2. The molecule has 0 aliphatic rings. The van der Waals surface area contributed by atoms with Gasteiger partial charge in [0.05, 0.1) is 14.2 Å². The van der Waals surface area contributed by atoms with Crippen molar-refractivity contribution in [3.05, 3.63) is 96.1 Å². The molecule has 0 atom stereocenters. The van der Waals surface area contributed by atoms with Crippen LogP contribution in [0.3, 0.4) is 0 Å². The summed E-state index contributed by atoms with van der Waals surface area (Å²) in [5, 5.41) is 5.57. The highest BCUT2D eigenvalue weighted by molar-refractivity contribution is 6.04. The molecule has 2 N–H and O–H groups in total. The van der Waals surface area contributed by atoms with Crippen LogP contribution in [-0.2, 0) is 9.59 Å². The minimum Gasteiger partial charge on any atom is -0.497 e. The molecule has 3 rings (SSSR count). The van der Waals surface area contributed by atoms with E-state index in [2.05, 4.69) is 10.6 Å². The molecule has 3 aromatic rings. The number of carbonyl (C=O) groups excluding carboxylic acids is 2. The first-order valence-electron chi connectivity index (χ1n) is 9.92. The largest absolute Gasteiger partial charge is 0.497 e. The summed E-state index contributed by atoms with van der Waals surface area (Å²) >= 11 is 0. The predicted molar refractivity (Wildman–Crippen MR) is 128 cm³/mol. The number of benzene rings is 3. The molecule has 0 radical (unpaired) electrons. The molecule has 2 amide bonds. The van der Waals surface area contributed by atoms with E-state index in [4.69, 9.17) is 9.47 Å². The molecule has 0 heterocycles. The zero-order chi connectivity index (χ0) is 22.8. The Morgan fingerprint density at radius 2 is 1.06 bits per heavy atom. The third kappa shape index (κ3) is 6.88. The van der Waals surface area contributed by atoms with E-state index in [1.165, 1.54) is 12.2 Å². The van der Waals surface area contributed by atoms with Crippen LogP contribution < -0.4 is 20.1 Å². The number of hydrogen-bond acceptors (Lipinski definition) is 4. The van der Waals surface area contributed by atoms with E-state index in [0.29, 0.717) is 11.4 Å². The molecule has 32 heavy (non-hydrogen) atoms. The van der Waals surface area contributed by atoms with Crippen LogP contribution in [0.4, 0.5) is 11.4 Å². The molecule has 0 spiro atoms. The SMILES string of the molecule is COc1ccc(/C=C\C(=O)Nc2cccc(NC(=O)/C=C\c3ccc(OC)cc3)c2)cc1. The molecule has 0 saturated heterocycles. The fourth-order valence-corrected chi connectivity index (χ4v) is 2.82. The quantitative estimate of drug-likeness (QED) is 0.495. The number of carbonyl (C=O) groups is 2. The van der Waals surface area contributed by atoms with Gasteiger partial charge in [-0.1, -0.05) is 30.3 Å². The second kappa shape index (κ2) is 11.2. The van der Waals surface area contributed by atoms with Gasteiger partial charge in [0.1, 0.15) is 11.5 Å². The van der Waals surface area contributed by atoms with Crippen molar-refractivity contribution in [3.63, 3.8) is 0 Å². The second-order valence-corrected chi connectivity index (χ2v) is 6.77. The molecule has 0 saturated carbocycles. The highest BCUT2D eigenvalue weighted by atomic mass is 16.5. The topological polar surface area (TPSA) is 76.7 Å². The third-order valence-corrected chi connectivity index (χ3v) is 4.48. The van der Waals surface area contributed by atoms with Crippen molar-refractivity contribution in [3.8, 4) is 11.5 Å². The van der Waals surface area contributed by atoms with E-state index >= 15 is 0 Å². The number of amides is 2. The van der Waals surface area contributed by atoms with Gasteiger partial charge in [0.2, 0.25) is 11.8 Å². The van der Waals surface area contributed by atoms with Crippen molar-refractivity contribution < 1.29 is 19.1 Å². The van der Waals surface area contributed by atoms with Crippen molar-refractivity contribution in [1.82, 2.24) is 0 Å². The summed E-state index contributed by atoms with van der Waals surface area (Å²) in [4.78, 5) is 24.4. The number of methoxy groups -OCH3 is 2. The number of nitrogens with one attached hydrogen (secondary N) is 2. The minimum atomic E-state index is -0.274. The van der Waals surface area contributed by atoms with Crippen LogP contribution in [0, 0.1) is 0 Å². The van der Waals surface area contributed by atoms with Gasteiger partial charge in [-0.25, -0.2) is 0 Å². The fourth-order valence-electron chi connectivity index (χ4n) is 2.82. The second-order valence-electron chi connectivity index (χ2n) is 6.77. The van der Waals surface area contributed by atoms with Crippen molar-refractivity contribution in [2.45, 2.75) is 0 Å². The smallest absolute Gasteiger partial charge is 0.248 e. The monoisotopic (exact) mass is 428 g/mol. The summed E-state index contributed by atoms with van der Waals surface area (Å²) in [6.45, 7) is 0. The Morgan fingerprint density at radius 3 is 1.44 bits per heavy atom. The van der Waals surface area contributed by atoms with E-state index < -0.39 is 0 Å². The highest BCUT2D eigenvalue weighted by Gasteiger charge is 2.02. The van der Waals surface area contributed by atoms with Crippen LogP contribution in [0.2, 0.25) is 0 Å². The standard InChI is InChI=1S/C26H24N2O4/c1-31-23-12-6-19(7-13-23)10-16-25(29)27-21-4-3-5-22(18-21)28-26(30)17-11-20-8-14-24(32-2)15-9-20/h3-18H,1-2H3,(H,27,29)(H,28,30)/b16-10-,17-11-. The van der Waals surface area contributed by atoms with Crippen LogP contribution in [-0.4, -0.2) is 26.0 Å². The lowest BCUT2D eigenvalue weighted by Gasteiger charge is -2.06. The first-order valence-corrected chi connectivity index (χ1v) is 9.92. The van der Waals surface area contributed by atoms with Gasteiger partial charge in [-0.3, -0.25) is 9.59 Å². The number of hydrogen-bond donors (Lipinski definition) is 2. The Labute approximate surface area is 187 Å². The Hall–Kier alpha value is -4.32. The Balaban J connectivity index is 1.55. The maximum Gasteiger partial charge on any atom is 0.248 e. The van der Waals surface area contributed by atoms with Gasteiger partial charge in [0.15, 0.2) is 0 Å². The number of ether oxygens (including phenoxy) is 2. The zero-order valence-electron chi connectivity index (χ0n) is 17.9. The summed E-state index contributed by atoms with van der Waals surface area (Å²) in [6.07, 6.45) is 6.32. The highest BCUT2D eigenvalue weighted by Crippen LogP contribution is 2.17. The van der Waals surface area contributed by atoms with E-state index in [0.717, 1.165) is 22.6 Å². The Kier molecular flexibility index (Phi) is 7.81. The van der Waals surface area contributed by atoms with Gasteiger partial charge in [0.25, 0.3) is 0 Å². The first-order chi connectivity index (χ1) is 15.6. The lowest BCUT2D eigenvalue weighted by molar-refractivity contribution is -0.112. The van der Waals surface area contributed by atoms with E-state index in [-0.39, 0.29) is 11.8 Å². The van der Waals surface area contributed by atoms with Gasteiger partial charge in [-0.05, 0) is 65.7 Å². The van der Waals surface area contributed by atoms with Crippen molar-refractivity contribution in [1.29, 1.82) is 0 Å². The lowest BCUT2D eigenvalue weighted by atomic mass is 10.2. The van der Waals surface area contributed by atoms with Crippen LogP contribution in [0.1, 0.15) is 11.1 Å². The van der Waals surface area contributed by atoms with Gasteiger partial charge in [-0.15, -0.1) is 0 Å². The van der Waals surface area contributed by atoms with Crippen LogP contribution in [0.15, 0.2) is 84.9 Å². The van der Waals surface area contributed by atoms with E-state index in [1.807, 2.05) is 48.5 Å². The minimum absolute atomic E-state index is 0.274. The van der Waals surface area contributed by atoms with Crippen LogP contribution in [0.5, 0.6) is 11.5 Å². The summed E-state index contributed by atoms with van der Waals surface area (Å²) < 4.78 is 10.2. The van der Waals surface area contributed by atoms with Crippen molar-refractivity contribution >= 4 is 35.3 Å². The molecule has 0 aromatic heterocycles. The van der Waals surface area contributed by atoms with Crippen LogP contribution >= 0.6 is 0 Å². The molecule has 0 aliphatic carbocycles. The van der Waals surface area contributed by atoms with Gasteiger partial charge in [-0.2, -0.15) is 0 Å². The average Bonchev–Trinajstić information content (AvgIpc) is 2.82. The molecule has 0 unspecified atom stereocenters. The average molecular weight is 428 g/mol. The summed E-state index contributed by atoms with van der Waals surface area (Å²) in [6, 6.07) is 21.7. The van der Waals surface area contributed by atoms with Crippen LogP contribution in [0.25, 0.3) is 12.2 Å². The van der Waals surface area contributed by atoms with Crippen molar-refractivity contribution in [2.24, 2.45) is 0 Å². The molecule has 0 fully saturated rings. The van der Waals surface area contributed by atoms with Crippen molar-refractivity contribution in [2.75, 3.05) is 24.9 Å². The molecule has 6 heteroatoms. The third-order valence-electron chi connectivity index (χ3n) is 4.48. The summed E-state index contributed by atoms with van der Waals surface area (Å²) in [5.41, 5.74) is 2.91. The molecular formula is C26H24N2O4. The van der Waals surface area contributed by atoms with Gasteiger partial charge in [0, 0.05) is 23.5 Å². The Bertz CT molecular complexity index is 1030. The number of rotatable bonds is 8. The predicted octanol–water partition coefficient (Wildman–Crippen LogP) is 5.01. The molecular weight excluding hydrogens is 404 g/mol. The number of anilines is 2. The first kappa shape index (κ1) is 22.4. The summed E-state index contributed by atoms with van der Waals surface area (Å²) in [7, 11) is 3.21. The fraction of sp³-hybridized carbons (Fsp3) is 0.0769. The molecule has 162 valence electrons. The van der Waals surface area contributed by atoms with Gasteiger partial charge < -0.3 is 20.1 Å². The molecule has 0 bridgehead atoms. The molecule has 6 nitrogen and oxygen atoms in total. The maximum atomic E-state index is 12.2. The van der Waals surface area contributed by atoms with E-state index in [9.17, 15) is 9.59 Å². The lowest BCUT2D eigenvalue weighted by Crippen LogP contribution is -2.10.